The third kappa shape index (κ3) is 5.78. The third-order valence-corrected chi connectivity index (χ3v) is 6.38. The van der Waals surface area contributed by atoms with Crippen molar-refractivity contribution >= 4 is 15.9 Å². The highest BCUT2D eigenvalue weighted by Gasteiger charge is 2.24. The van der Waals surface area contributed by atoms with Crippen LogP contribution in [-0.2, 0) is 14.8 Å². The molecule has 0 aliphatic rings. The Hall–Kier alpha value is -2.96. The van der Waals surface area contributed by atoms with Crippen LogP contribution in [0.4, 0.5) is 0 Å². The van der Waals surface area contributed by atoms with Crippen LogP contribution in [0.25, 0.3) is 0 Å². The van der Waals surface area contributed by atoms with E-state index in [0.717, 1.165) is 16.7 Å². The summed E-state index contributed by atoms with van der Waals surface area (Å²) in [4.78, 5) is 12.9. The van der Waals surface area contributed by atoms with Crippen molar-refractivity contribution in [1.82, 2.24) is 10.0 Å². The molecular weight excluding hydrogens is 396 g/mol. The summed E-state index contributed by atoms with van der Waals surface area (Å²) in [5.41, 5.74) is 2.70. The number of benzene rings is 3. The molecule has 156 valence electrons. The highest BCUT2D eigenvalue weighted by molar-refractivity contribution is 7.89. The second-order valence-corrected chi connectivity index (χ2v) is 9.02. The minimum atomic E-state index is -3.78. The smallest absolute Gasteiger partial charge is 0.241 e. The lowest BCUT2D eigenvalue weighted by Crippen LogP contribution is -2.34. The van der Waals surface area contributed by atoms with Gasteiger partial charge in [0.05, 0.1) is 17.0 Å². The summed E-state index contributed by atoms with van der Waals surface area (Å²) in [5, 5.41) is 2.96. The van der Waals surface area contributed by atoms with Crippen molar-refractivity contribution < 1.29 is 13.2 Å². The number of carbonyl (C=O) groups is 1. The van der Waals surface area contributed by atoms with Crippen LogP contribution >= 0.6 is 0 Å². The maximum Gasteiger partial charge on any atom is 0.241 e. The topological polar surface area (TPSA) is 75.3 Å². The van der Waals surface area contributed by atoms with Gasteiger partial charge < -0.3 is 5.32 Å². The lowest BCUT2D eigenvalue weighted by Gasteiger charge is -2.21. The lowest BCUT2D eigenvalue weighted by molar-refractivity contribution is -0.122. The predicted octanol–water partition coefficient (Wildman–Crippen LogP) is 4.28. The van der Waals surface area contributed by atoms with Crippen LogP contribution in [0.5, 0.6) is 0 Å². The van der Waals surface area contributed by atoms with E-state index in [0.29, 0.717) is 0 Å². The predicted molar refractivity (Wildman–Crippen MR) is 118 cm³/mol. The van der Waals surface area contributed by atoms with E-state index < -0.39 is 16.1 Å². The minimum absolute atomic E-state index is 0.00766. The van der Waals surface area contributed by atoms with Gasteiger partial charge in [-0.3, -0.25) is 4.79 Å². The van der Waals surface area contributed by atoms with Gasteiger partial charge in [0.25, 0.3) is 0 Å². The number of rotatable bonds is 8. The van der Waals surface area contributed by atoms with Gasteiger partial charge in [-0.05, 0) is 37.1 Å². The van der Waals surface area contributed by atoms with Crippen molar-refractivity contribution in [2.75, 3.05) is 0 Å². The molecule has 0 aliphatic carbocycles. The van der Waals surface area contributed by atoms with Crippen LogP contribution in [0.1, 0.15) is 42.1 Å². The molecule has 5 nitrogen and oxygen atoms in total. The largest absolute Gasteiger partial charge is 0.350 e. The van der Waals surface area contributed by atoms with E-state index in [1.54, 1.807) is 24.3 Å². The summed E-state index contributed by atoms with van der Waals surface area (Å²) in [6.45, 7) is 3.80. The highest BCUT2D eigenvalue weighted by atomic mass is 32.2. The van der Waals surface area contributed by atoms with Gasteiger partial charge in [0, 0.05) is 6.42 Å². The first kappa shape index (κ1) is 21.7. The summed E-state index contributed by atoms with van der Waals surface area (Å²) < 4.78 is 28.5. The Kier molecular flexibility index (Phi) is 7.03. The number of hydrogen-bond donors (Lipinski definition) is 2. The molecule has 0 aliphatic heterocycles. The van der Waals surface area contributed by atoms with E-state index in [1.165, 1.54) is 0 Å². The van der Waals surface area contributed by atoms with Crippen LogP contribution < -0.4 is 10.0 Å². The maximum absolute atomic E-state index is 12.9. The molecule has 3 aromatic rings. The molecule has 0 saturated heterocycles. The molecule has 2 N–H and O–H groups in total. The first-order valence-electron chi connectivity index (χ1n) is 9.83. The van der Waals surface area contributed by atoms with Crippen LogP contribution in [0.15, 0.2) is 89.8 Å². The molecule has 3 aromatic carbocycles. The molecule has 2 atom stereocenters. The number of amides is 1. The summed E-state index contributed by atoms with van der Waals surface area (Å²) in [6.07, 6.45) is -0.00766. The van der Waals surface area contributed by atoms with Gasteiger partial charge >= 0.3 is 0 Å². The molecule has 0 saturated carbocycles. The van der Waals surface area contributed by atoms with Crippen molar-refractivity contribution in [1.29, 1.82) is 0 Å². The summed E-state index contributed by atoms with van der Waals surface area (Å²) in [5.74, 6) is -0.230. The number of nitrogens with one attached hydrogen (secondary N) is 2. The Morgan fingerprint density at radius 3 is 1.93 bits per heavy atom. The highest BCUT2D eigenvalue weighted by Crippen LogP contribution is 2.21. The molecule has 6 heteroatoms. The first-order valence-corrected chi connectivity index (χ1v) is 11.3. The number of carbonyl (C=O) groups excluding carboxylic acids is 1. The Labute approximate surface area is 178 Å². The maximum atomic E-state index is 12.9. The van der Waals surface area contributed by atoms with E-state index in [9.17, 15) is 13.2 Å². The Morgan fingerprint density at radius 1 is 0.833 bits per heavy atom. The van der Waals surface area contributed by atoms with Crippen molar-refractivity contribution in [2.24, 2.45) is 0 Å². The molecule has 3 rings (SSSR count). The van der Waals surface area contributed by atoms with Gasteiger partial charge in [-0.1, -0.05) is 78.4 Å². The average molecular weight is 423 g/mol. The molecule has 0 radical (unpaired) electrons. The molecule has 0 unspecified atom stereocenters. The van der Waals surface area contributed by atoms with E-state index >= 15 is 0 Å². The average Bonchev–Trinajstić information content (AvgIpc) is 2.74. The monoisotopic (exact) mass is 422 g/mol. The fourth-order valence-corrected chi connectivity index (χ4v) is 4.42. The number of hydrogen-bond acceptors (Lipinski definition) is 3. The number of sulfonamides is 1. The normalized spacial score (nSPS) is 13.4. The van der Waals surface area contributed by atoms with E-state index in [4.69, 9.17) is 0 Å². The molecule has 0 heterocycles. The van der Waals surface area contributed by atoms with Crippen LogP contribution in [0.3, 0.4) is 0 Å². The van der Waals surface area contributed by atoms with Crippen molar-refractivity contribution in [2.45, 2.75) is 37.2 Å². The molecule has 30 heavy (non-hydrogen) atoms. The van der Waals surface area contributed by atoms with Crippen LogP contribution in [-0.4, -0.2) is 14.3 Å². The second-order valence-electron chi connectivity index (χ2n) is 7.30. The fourth-order valence-electron chi connectivity index (χ4n) is 3.20. The van der Waals surface area contributed by atoms with Crippen molar-refractivity contribution in [3.05, 3.63) is 102 Å². The van der Waals surface area contributed by atoms with Gasteiger partial charge in [-0.25, -0.2) is 13.1 Å². The second kappa shape index (κ2) is 9.69. The standard InChI is InChI=1S/C24H26N2O3S/c1-18-13-15-22(16-14-18)30(28,29)26-23(21-11-7-4-8-12-21)17-24(27)25-19(2)20-9-5-3-6-10-20/h3-16,19,23,26H,17H2,1-2H3,(H,25,27)/t19-,23-/m1/s1. The van der Waals surface area contributed by atoms with Gasteiger partial charge in [-0.15, -0.1) is 0 Å². The SMILES string of the molecule is Cc1ccc(S(=O)(=O)N[C@H](CC(=O)N[C@H](C)c2ccccc2)c2ccccc2)cc1. The fraction of sp³-hybridized carbons (Fsp3) is 0.208. The summed E-state index contributed by atoms with van der Waals surface area (Å²) in [7, 11) is -3.78. The quantitative estimate of drug-likeness (QED) is 0.569. The molecule has 1 amide bonds. The van der Waals surface area contributed by atoms with Gasteiger partial charge in [0.1, 0.15) is 0 Å². The Balaban J connectivity index is 1.78. The lowest BCUT2D eigenvalue weighted by atomic mass is 10.0. The Morgan fingerprint density at radius 2 is 1.37 bits per heavy atom. The zero-order valence-corrected chi connectivity index (χ0v) is 17.9. The summed E-state index contributed by atoms with van der Waals surface area (Å²) >= 11 is 0. The zero-order valence-electron chi connectivity index (χ0n) is 17.1. The van der Waals surface area contributed by atoms with E-state index in [1.807, 2.05) is 74.5 Å². The van der Waals surface area contributed by atoms with E-state index in [-0.39, 0.29) is 23.3 Å². The molecular formula is C24H26N2O3S. The third-order valence-electron chi connectivity index (χ3n) is 4.90. The molecule has 0 spiro atoms. The van der Waals surface area contributed by atoms with E-state index in [2.05, 4.69) is 10.0 Å². The van der Waals surface area contributed by atoms with Gasteiger partial charge in [0.15, 0.2) is 0 Å². The summed E-state index contributed by atoms with van der Waals surface area (Å²) in [6, 6.07) is 24.6. The zero-order chi connectivity index (χ0) is 21.6. The molecule has 0 bridgehead atoms. The molecule has 0 fully saturated rings. The minimum Gasteiger partial charge on any atom is -0.350 e. The van der Waals surface area contributed by atoms with Crippen molar-refractivity contribution in [3.63, 3.8) is 0 Å². The first-order chi connectivity index (χ1) is 14.3. The number of aryl methyl sites for hydroxylation is 1. The van der Waals surface area contributed by atoms with Gasteiger partial charge in [-0.2, -0.15) is 0 Å². The Bertz CT molecular complexity index is 1070. The van der Waals surface area contributed by atoms with Gasteiger partial charge in [0.2, 0.25) is 15.9 Å². The van der Waals surface area contributed by atoms with Crippen LogP contribution in [0, 0.1) is 6.92 Å². The van der Waals surface area contributed by atoms with Crippen molar-refractivity contribution in [3.8, 4) is 0 Å². The van der Waals surface area contributed by atoms with Crippen LogP contribution in [0.2, 0.25) is 0 Å². The molecule has 0 aromatic heterocycles.